The predicted octanol–water partition coefficient (Wildman–Crippen LogP) is 3.69. The first kappa shape index (κ1) is 14.2. The van der Waals surface area contributed by atoms with Crippen molar-refractivity contribution in [3.8, 4) is 0 Å². The third-order valence-corrected chi connectivity index (χ3v) is 3.41. The third kappa shape index (κ3) is 3.28. The van der Waals surface area contributed by atoms with E-state index in [-0.39, 0.29) is 6.04 Å². The molecule has 3 aromatic rings. The smallest absolute Gasteiger partial charge is 0.130 e. The zero-order chi connectivity index (χ0) is 15.4. The van der Waals surface area contributed by atoms with Gasteiger partial charge in [0.1, 0.15) is 11.6 Å². The van der Waals surface area contributed by atoms with E-state index in [1.807, 2.05) is 50.4 Å². The molecule has 1 atom stereocenters. The molecule has 2 heterocycles. The van der Waals surface area contributed by atoms with E-state index in [0.29, 0.717) is 0 Å². The highest BCUT2D eigenvalue weighted by Gasteiger charge is 2.15. The fourth-order valence-electron chi connectivity index (χ4n) is 2.49. The lowest BCUT2D eigenvalue weighted by molar-refractivity contribution is 0.900. The molecule has 3 rings (SSSR count). The molecule has 4 nitrogen and oxygen atoms in total. The molecule has 0 amide bonds. The Labute approximate surface area is 130 Å². The third-order valence-electron chi connectivity index (χ3n) is 3.41. The Balaban J connectivity index is 1.99. The van der Waals surface area contributed by atoms with Gasteiger partial charge in [0, 0.05) is 24.2 Å². The first-order valence-electron chi connectivity index (χ1n) is 7.26. The molecule has 0 saturated carbocycles. The molecule has 0 aliphatic carbocycles. The molecule has 0 saturated heterocycles. The summed E-state index contributed by atoms with van der Waals surface area (Å²) in [6.45, 7) is 3.88. The van der Waals surface area contributed by atoms with E-state index in [0.717, 1.165) is 22.9 Å². The van der Waals surface area contributed by atoms with E-state index in [4.69, 9.17) is 0 Å². The van der Waals surface area contributed by atoms with Gasteiger partial charge in [-0.1, -0.05) is 36.4 Å². The van der Waals surface area contributed by atoms with E-state index >= 15 is 0 Å². The largest absolute Gasteiger partial charge is 0.359 e. The number of rotatable bonds is 4. The van der Waals surface area contributed by atoms with E-state index in [2.05, 4.69) is 38.5 Å². The van der Waals surface area contributed by atoms with Gasteiger partial charge >= 0.3 is 0 Å². The van der Waals surface area contributed by atoms with Crippen LogP contribution in [0.4, 0.5) is 5.82 Å². The van der Waals surface area contributed by atoms with Crippen LogP contribution < -0.4 is 5.32 Å². The summed E-state index contributed by atoms with van der Waals surface area (Å²) in [6.07, 6.45) is 3.66. The quantitative estimate of drug-likeness (QED) is 0.796. The van der Waals surface area contributed by atoms with Crippen LogP contribution in [-0.2, 0) is 0 Å². The van der Waals surface area contributed by atoms with Crippen LogP contribution in [-0.4, -0.2) is 15.0 Å². The molecule has 22 heavy (non-hydrogen) atoms. The first-order chi connectivity index (χ1) is 10.7. The molecule has 1 unspecified atom stereocenters. The number of nitrogens with zero attached hydrogens (tertiary/aromatic N) is 3. The second-order valence-corrected chi connectivity index (χ2v) is 5.22. The summed E-state index contributed by atoms with van der Waals surface area (Å²) in [5.74, 6) is 1.59. The van der Waals surface area contributed by atoms with Crippen molar-refractivity contribution in [3.05, 3.63) is 83.6 Å². The van der Waals surface area contributed by atoms with Crippen LogP contribution in [0.2, 0.25) is 0 Å². The predicted molar refractivity (Wildman–Crippen MR) is 87.7 cm³/mol. The van der Waals surface area contributed by atoms with Crippen LogP contribution in [0.25, 0.3) is 0 Å². The molecule has 0 spiro atoms. The Hall–Kier alpha value is -2.75. The van der Waals surface area contributed by atoms with Crippen molar-refractivity contribution in [2.75, 3.05) is 5.32 Å². The van der Waals surface area contributed by atoms with E-state index in [1.165, 1.54) is 5.56 Å². The van der Waals surface area contributed by atoms with E-state index < -0.39 is 0 Å². The van der Waals surface area contributed by atoms with Crippen molar-refractivity contribution in [2.24, 2.45) is 0 Å². The van der Waals surface area contributed by atoms with E-state index in [1.54, 1.807) is 6.20 Å². The summed E-state index contributed by atoms with van der Waals surface area (Å²) in [5.41, 5.74) is 3.22. The van der Waals surface area contributed by atoms with Crippen LogP contribution in [0.3, 0.4) is 0 Å². The van der Waals surface area contributed by atoms with Gasteiger partial charge in [-0.2, -0.15) is 0 Å². The minimum absolute atomic E-state index is 0.00333. The number of hydrogen-bond donors (Lipinski definition) is 1. The average molecular weight is 290 g/mol. The number of pyridine rings is 1. The maximum absolute atomic E-state index is 4.48. The number of benzene rings is 1. The van der Waals surface area contributed by atoms with Gasteiger partial charge in [0.05, 0.1) is 6.04 Å². The fourth-order valence-corrected chi connectivity index (χ4v) is 2.49. The van der Waals surface area contributed by atoms with Gasteiger partial charge in [-0.3, -0.25) is 4.98 Å². The maximum Gasteiger partial charge on any atom is 0.130 e. The fraction of sp³-hybridized carbons (Fsp3) is 0.167. The van der Waals surface area contributed by atoms with Crippen LogP contribution >= 0.6 is 0 Å². The highest BCUT2D eigenvalue weighted by Crippen LogP contribution is 2.25. The van der Waals surface area contributed by atoms with Crippen molar-refractivity contribution in [3.63, 3.8) is 0 Å². The second-order valence-electron chi connectivity index (χ2n) is 5.22. The average Bonchev–Trinajstić information content (AvgIpc) is 2.53. The maximum atomic E-state index is 4.48. The molecular weight excluding hydrogens is 272 g/mol. The SMILES string of the molecule is Cc1cc(NC(c2ccccc2)c2cccnc2)nc(C)n1. The number of hydrogen-bond acceptors (Lipinski definition) is 4. The summed E-state index contributed by atoms with van der Waals surface area (Å²) in [4.78, 5) is 13.0. The van der Waals surface area contributed by atoms with Crippen LogP contribution in [0.15, 0.2) is 60.9 Å². The molecule has 1 N–H and O–H groups in total. The topological polar surface area (TPSA) is 50.7 Å². The monoisotopic (exact) mass is 290 g/mol. The number of aryl methyl sites for hydroxylation is 2. The van der Waals surface area contributed by atoms with Crippen molar-refractivity contribution in [1.82, 2.24) is 15.0 Å². The zero-order valence-electron chi connectivity index (χ0n) is 12.7. The summed E-state index contributed by atoms with van der Waals surface area (Å²) in [6, 6.07) is 16.3. The van der Waals surface area contributed by atoms with Crippen LogP contribution in [0, 0.1) is 13.8 Å². The summed E-state index contributed by atoms with van der Waals surface area (Å²) in [7, 11) is 0. The van der Waals surface area contributed by atoms with Crippen molar-refractivity contribution in [2.45, 2.75) is 19.9 Å². The van der Waals surface area contributed by atoms with Crippen LogP contribution in [0.1, 0.15) is 28.7 Å². The molecule has 0 aliphatic heterocycles. The Morgan fingerprint density at radius 1 is 0.909 bits per heavy atom. The Morgan fingerprint density at radius 3 is 2.36 bits per heavy atom. The lowest BCUT2D eigenvalue weighted by atomic mass is 10.0. The van der Waals surface area contributed by atoms with Gasteiger partial charge in [0.15, 0.2) is 0 Å². The lowest BCUT2D eigenvalue weighted by Crippen LogP contribution is -2.14. The molecule has 4 heteroatoms. The van der Waals surface area contributed by atoms with Gasteiger partial charge in [0.25, 0.3) is 0 Å². The van der Waals surface area contributed by atoms with Gasteiger partial charge in [-0.25, -0.2) is 9.97 Å². The van der Waals surface area contributed by atoms with Crippen molar-refractivity contribution in [1.29, 1.82) is 0 Å². The highest BCUT2D eigenvalue weighted by molar-refractivity contribution is 5.44. The van der Waals surface area contributed by atoms with Crippen LogP contribution in [0.5, 0.6) is 0 Å². The molecule has 0 aliphatic rings. The second kappa shape index (κ2) is 6.35. The van der Waals surface area contributed by atoms with Crippen molar-refractivity contribution >= 4 is 5.82 Å². The Bertz CT molecular complexity index is 682. The molecule has 2 aromatic heterocycles. The standard InChI is InChI=1S/C18H18N4/c1-13-11-17(21-14(2)20-13)22-18(15-7-4-3-5-8-15)16-9-6-10-19-12-16/h3-12,18H,1-2H3,(H,20,21,22). The van der Waals surface area contributed by atoms with Gasteiger partial charge in [-0.15, -0.1) is 0 Å². The summed E-state index contributed by atoms with van der Waals surface area (Å²) in [5, 5.41) is 3.50. The molecule has 0 fully saturated rings. The Kier molecular flexibility index (Phi) is 4.10. The number of nitrogens with one attached hydrogen (secondary N) is 1. The number of aromatic nitrogens is 3. The highest BCUT2D eigenvalue weighted by atomic mass is 15.0. The normalized spacial score (nSPS) is 11.9. The molecular formula is C18H18N4. The van der Waals surface area contributed by atoms with Gasteiger partial charge in [-0.05, 0) is 31.0 Å². The molecule has 0 bridgehead atoms. The Morgan fingerprint density at radius 2 is 1.68 bits per heavy atom. The summed E-state index contributed by atoms with van der Waals surface area (Å²) >= 11 is 0. The summed E-state index contributed by atoms with van der Waals surface area (Å²) < 4.78 is 0. The van der Waals surface area contributed by atoms with Crippen molar-refractivity contribution < 1.29 is 0 Å². The minimum atomic E-state index is 0.00333. The minimum Gasteiger partial charge on any atom is -0.359 e. The van der Waals surface area contributed by atoms with Gasteiger partial charge in [0.2, 0.25) is 0 Å². The van der Waals surface area contributed by atoms with E-state index in [9.17, 15) is 0 Å². The number of anilines is 1. The molecule has 1 aromatic carbocycles. The molecule has 0 radical (unpaired) electrons. The van der Waals surface area contributed by atoms with Gasteiger partial charge < -0.3 is 5.32 Å². The zero-order valence-corrected chi connectivity index (χ0v) is 12.7. The molecule has 110 valence electrons. The first-order valence-corrected chi connectivity index (χ1v) is 7.26. The lowest BCUT2D eigenvalue weighted by Gasteiger charge is -2.20.